The molecule has 10 heteroatoms. The number of carbonyl (C=O) groups excluding carboxylic acids is 1. The maximum Gasteiger partial charge on any atom is 0.404 e. The molecule has 1 saturated heterocycles. The largest absolute Gasteiger partial charge is 0.494 e. The van der Waals surface area contributed by atoms with E-state index in [4.69, 9.17) is 14.8 Å². The van der Waals surface area contributed by atoms with Crippen LogP contribution in [0.15, 0.2) is 29.6 Å². The fraction of sp³-hybridized carbons (Fsp3) is 0.375. The van der Waals surface area contributed by atoms with Crippen molar-refractivity contribution in [2.24, 2.45) is 7.05 Å². The minimum atomic E-state index is -1.07. The van der Waals surface area contributed by atoms with Crippen LogP contribution in [0.2, 0.25) is 0 Å². The van der Waals surface area contributed by atoms with Crippen LogP contribution in [0.3, 0.4) is 0 Å². The van der Waals surface area contributed by atoms with E-state index in [0.717, 1.165) is 36.4 Å². The highest BCUT2D eigenvalue weighted by atomic mass is 32.1. The first-order valence-electron chi connectivity index (χ1n) is 11.3. The molecule has 4 heterocycles. The molecular weight excluding hydrogens is 454 g/mol. The summed E-state index contributed by atoms with van der Waals surface area (Å²) in [6.45, 7) is 3.88. The number of thiophene rings is 1. The van der Waals surface area contributed by atoms with Gasteiger partial charge in [-0.1, -0.05) is 0 Å². The Morgan fingerprint density at radius 1 is 1.32 bits per heavy atom. The molecule has 1 aliphatic heterocycles. The number of rotatable bonds is 5. The highest BCUT2D eigenvalue weighted by Crippen LogP contribution is 2.35. The van der Waals surface area contributed by atoms with E-state index in [1.165, 1.54) is 10.2 Å². The Balaban J connectivity index is 1.55. The molecular formula is C24H27N5O4S. The zero-order valence-corrected chi connectivity index (χ0v) is 20.2. The molecule has 4 aromatic rings. The molecule has 2 N–H and O–H groups in total. The third-order valence-electron chi connectivity index (χ3n) is 6.49. The van der Waals surface area contributed by atoms with Gasteiger partial charge in [0, 0.05) is 43.7 Å². The molecule has 0 radical (unpaired) electrons. The van der Waals surface area contributed by atoms with Crippen LogP contribution in [-0.4, -0.2) is 62.4 Å². The summed E-state index contributed by atoms with van der Waals surface area (Å²) in [4.78, 5) is 32.2. The Hall–Kier alpha value is -3.53. The second-order valence-electron chi connectivity index (χ2n) is 8.54. The summed E-state index contributed by atoms with van der Waals surface area (Å²) in [7, 11) is 3.55. The van der Waals surface area contributed by atoms with Crippen LogP contribution in [0, 0.1) is 0 Å². The third-order valence-corrected chi connectivity index (χ3v) is 7.44. The van der Waals surface area contributed by atoms with Crippen molar-refractivity contribution in [2.75, 3.05) is 20.2 Å². The number of benzene rings is 1. The van der Waals surface area contributed by atoms with Crippen LogP contribution in [0.4, 0.5) is 4.79 Å². The van der Waals surface area contributed by atoms with Crippen LogP contribution in [0.25, 0.3) is 32.8 Å². The highest BCUT2D eigenvalue weighted by Gasteiger charge is 2.27. The second-order valence-corrected chi connectivity index (χ2v) is 9.43. The van der Waals surface area contributed by atoms with E-state index >= 15 is 0 Å². The molecule has 0 bridgehead atoms. The van der Waals surface area contributed by atoms with Crippen LogP contribution in [0.1, 0.15) is 30.1 Å². The van der Waals surface area contributed by atoms with Gasteiger partial charge in [-0.2, -0.15) is 0 Å². The van der Waals surface area contributed by atoms with E-state index in [1.807, 2.05) is 11.6 Å². The topological polar surface area (TPSA) is 102 Å². The van der Waals surface area contributed by atoms with Gasteiger partial charge in [0.05, 0.1) is 18.3 Å². The molecule has 3 aromatic heterocycles. The average Bonchev–Trinajstić information content (AvgIpc) is 3.50. The van der Waals surface area contributed by atoms with Crippen LogP contribution in [-0.2, 0) is 13.6 Å². The van der Waals surface area contributed by atoms with Gasteiger partial charge in [0.1, 0.15) is 16.1 Å². The first kappa shape index (κ1) is 22.3. The summed E-state index contributed by atoms with van der Waals surface area (Å²) >= 11 is 1.71. The minimum Gasteiger partial charge on any atom is -0.494 e. The zero-order chi connectivity index (χ0) is 24.0. The molecule has 1 atom stereocenters. The van der Waals surface area contributed by atoms with Crippen molar-refractivity contribution >= 4 is 44.6 Å². The number of imidazole rings is 1. The molecule has 178 valence electrons. The number of ether oxygens (including phenoxy) is 1. The number of carbonyl (C=O) groups is 2. The third kappa shape index (κ3) is 3.67. The van der Waals surface area contributed by atoms with Crippen molar-refractivity contribution in [1.82, 2.24) is 24.3 Å². The monoisotopic (exact) mass is 481 g/mol. The van der Waals surface area contributed by atoms with Gasteiger partial charge < -0.3 is 29.2 Å². The second kappa shape index (κ2) is 8.68. The van der Waals surface area contributed by atoms with Gasteiger partial charge in [0.2, 0.25) is 0 Å². The molecule has 1 fully saturated rings. The Morgan fingerprint density at radius 3 is 2.88 bits per heavy atom. The van der Waals surface area contributed by atoms with Crippen molar-refractivity contribution in [3.63, 3.8) is 0 Å². The first-order chi connectivity index (χ1) is 16.4. The zero-order valence-electron chi connectivity index (χ0n) is 19.4. The summed E-state index contributed by atoms with van der Waals surface area (Å²) in [5, 5.41) is 14.8. The molecule has 0 saturated carbocycles. The smallest absolute Gasteiger partial charge is 0.404 e. The maximum atomic E-state index is 13.3. The summed E-state index contributed by atoms with van der Waals surface area (Å²) in [5.74, 6) is 1.24. The maximum absolute atomic E-state index is 13.3. The predicted octanol–water partition coefficient (Wildman–Crippen LogP) is 4.16. The Labute approximate surface area is 200 Å². The average molecular weight is 482 g/mol. The number of piperidine rings is 1. The summed E-state index contributed by atoms with van der Waals surface area (Å²) in [6, 6.07) is 7.55. The van der Waals surface area contributed by atoms with Crippen molar-refractivity contribution in [3.8, 4) is 17.3 Å². The van der Waals surface area contributed by atoms with E-state index in [9.17, 15) is 9.59 Å². The van der Waals surface area contributed by atoms with Crippen molar-refractivity contribution in [3.05, 3.63) is 35.2 Å². The lowest BCUT2D eigenvalue weighted by molar-refractivity contribution is 0.0692. The van der Waals surface area contributed by atoms with E-state index < -0.39 is 6.09 Å². The first-order valence-corrected chi connectivity index (χ1v) is 12.2. The van der Waals surface area contributed by atoms with Gasteiger partial charge in [-0.15, -0.1) is 11.3 Å². The van der Waals surface area contributed by atoms with Crippen LogP contribution >= 0.6 is 11.3 Å². The lowest BCUT2D eigenvalue weighted by Crippen LogP contribution is -2.49. The SMILES string of the molecule is CCn1c(-c2nc3cc(C(=O)N4CCC[C@@H](NC(=O)O)C4)cc(OC)c3n2C)cc2ccsc21. The van der Waals surface area contributed by atoms with Gasteiger partial charge in [-0.3, -0.25) is 4.79 Å². The number of amides is 2. The fourth-order valence-electron chi connectivity index (χ4n) is 4.93. The number of fused-ring (bicyclic) bond motifs is 2. The molecule has 0 spiro atoms. The molecule has 5 rings (SSSR count). The number of hydrogen-bond acceptors (Lipinski definition) is 5. The number of nitrogens with zero attached hydrogens (tertiary/aromatic N) is 4. The molecule has 1 aliphatic rings. The molecule has 1 aromatic carbocycles. The number of nitrogens with one attached hydrogen (secondary N) is 1. The van der Waals surface area contributed by atoms with Gasteiger partial charge in [-0.05, 0) is 49.4 Å². The number of methoxy groups -OCH3 is 1. The van der Waals surface area contributed by atoms with Crippen molar-refractivity contribution < 1.29 is 19.4 Å². The van der Waals surface area contributed by atoms with Crippen molar-refractivity contribution in [1.29, 1.82) is 0 Å². The minimum absolute atomic E-state index is 0.151. The number of hydrogen-bond donors (Lipinski definition) is 2. The van der Waals surface area contributed by atoms with E-state index in [1.54, 1.807) is 35.5 Å². The summed E-state index contributed by atoms with van der Waals surface area (Å²) in [5.41, 5.74) is 3.02. The summed E-state index contributed by atoms with van der Waals surface area (Å²) in [6.07, 6.45) is 0.394. The van der Waals surface area contributed by atoms with E-state index in [-0.39, 0.29) is 11.9 Å². The predicted molar refractivity (Wildman–Crippen MR) is 132 cm³/mol. The Morgan fingerprint density at radius 2 is 2.15 bits per heavy atom. The summed E-state index contributed by atoms with van der Waals surface area (Å²) < 4.78 is 9.95. The molecule has 0 aliphatic carbocycles. The number of aromatic nitrogens is 3. The van der Waals surface area contributed by atoms with Crippen molar-refractivity contribution in [2.45, 2.75) is 32.4 Å². The normalized spacial score (nSPS) is 16.3. The Bertz CT molecular complexity index is 1400. The fourth-order valence-corrected chi connectivity index (χ4v) is 5.89. The molecule has 34 heavy (non-hydrogen) atoms. The molecule has 9 nitrogen and oxygen atoms in total. The van der Waals surface area contributed by atoms with E-state index in [2.05, 4.69) is 34.3 Å². The van der Waals surface area contributed by atoms with Crippen LogP contribution in [0.5, 0.6) is 5.75 Å². The van der Waals surface area contributed by atoms with Crippen LogP contribution < -0.4 is 10.1 Å². The number of aryl methyl sites for hydroxylation is 2. The lowest BCUT2D eigenvalue weighted by atomic mass is 10.0. The number of carboxylic acid groups (broad SMARTS) is 1. The van der Waals surface area contributed by atoms with Gasteiger partial charge >= 0.3 is 6.09 Å². The molecule has 2 amide bonds. The number of likely N-dealkylation sites (tertiary alicyclic amines) is 1. The van der Waals surface area contributed by atoms with Gasteiger partial charge in [-0.25, -0.2) is 9.78 Å². The van der Waals surface area contributed by atoms with Gasteiger partial charge in [0.15, 0.2) is 5.82 Å². The Kier molecular flexibility index (Phi) is 5.68. The lowest BCUT2D eigenvalue weighted by Gasteiger charge is -2.32. The van der Waals surface area contributed by atoms with E-state index in [0.29, 0.717) is 29.9 Å². The highest BCUT2D eigenvalue weighted by molar-refractivity contribution is 7.16. The van der Waals surface area contributed by atoms with Gasteiger partial charge in [0.25, 0.3) is 5.91 Å². The standard InChI is InChI=1S/C24H27N5O4S/c1-4-29-18(11-14-7-9-34-23(14)29)21-26-17-10-15(12-19(33-3)20(17)27(21)2)22(30)28-8-5-6-16(13-28)25-24(31)32/h7,9-12,16,25H,4-6,8,13H2,1-3H3,(H,31,32)/t16-/m1/s1. The molecule has 0 unspecified atom stereocenters. The quantitative estimate of drug-likeness (QED) is 0.446.